The number of rotatable bonds is 4. The number of nitrogens with two attached hydrogens (primary N) is 1. The molecule has 0 bridgehead atoms. The molecule has 1 saturated carbocycles. The van der Waals surface area contributed by atoms with E-state index in [9.17, 15) is 0 Å². The van der Waals surface area contributed by atoms with E-state index >= 15 is 0 Å². The molecule has 0 amide bonds. The maximum absolute atomic E-state index is 9.11. The summed E-state index contributed by atoms with van der Waals surface area (Å²) in [4.78, 5) is 4.21. The summed E-state index contributed by atoms with van der Waals surface area (Å²) < 4.78 is 0. The largest absolute Gasteiger partial charge is 0.394 e. The second kappa shape index (κ2) is 3.43. The normalized spacial score (nSPS) is 17.6. The lowest BCUT2D eigenvalue weighted by atomic mass is 10.3. The highest BCUT2D eigenvalue weighted by Gasteiger charge is 2.42. The average molecular weight is 194 g/mol. The molecule has 1 aliphatic rings. The van der Waals surface area contributed by atoms with Crippen LogP contribution in [0.1, 0.15) is 12.8 Å². The fourth-order valence-electron chi connectivity index (χ4n) is 1.33. The predicted molar refractivity (Wildman–Crippen MR) is 54.7 cm³/mol. The number of pyridine rings is 1. The molecule has 0 saturated heterocycles. The molecule has 1 fully saturated rings. The van der Waals surface area contributed by atoms with Gasteiger partial charge in [-0.1, -0.05) is 6.07 Å². The Kier molecular flexibility index (Phi) is 2.26. The maximum atomic E-state index is 9.11. The predicted octanol–water partition coefficient (Wildman–Crippen LogP) is 0.304. The number of hydrazine groups is 1. The van der Waals surface area contributed by atoms with Crippen LogP contribution in [0.2, 0.25) is 0 Å². The standard InChI is InChI=1S/C9H14N4O/c10-13-8-3-1-2-7(11-8)12-9(6-14)4-5-9/h1-3,14H,4-6,10H2,(H2,11,12,13). The first-order chi connectivity index (χ1) is 6.78. The molecule has 1 aliphatic carbocycles. The van der Waals surface area contributed by atoms with E-state index in [1.165, 1.54) is 0 Å². The molecule has 0 spiro atoms. The maximum Gasteiger partial charge on any atom is 0.142 e. The van der Waals surface area contributed by atoms with Gasteiger partial charge in [0.25, 0.3) is 0 Å². The van der Waals surface area contributed by atoms with Gasteiger partial charge in [0.2, 0.25) is 0 Å². The number of hydrogen-bond donors (Lipinski definition) is 4. The Balaban J connectivity index is 2.09. The zero-order valence-corrected chi connectivity index (χ0v) is 7.83. The Morgan fingerprint density at radius 2 is 2.14 bits per heavy atom. The molecule has 76 valence electrons. The first kappa shape index (κ1) is 9.23. The van der Waals surface area contributed by atoms with E-state index in [-0.39, 0.29) is 12.1 Å². The van der Waals surface area contributed by atoms with Crippen LogP contribution in [0.3, 0.4) is 0 Å². The molecule has 0 atom stereocenters. The summed E-state index contributed by atoms with van der Waals surface area (Å²) >= 11 is 0. The highest BCUT2D eigenvalue weighted by Crippen LogP contribution is 2.37. The van der Waals surface area contributed by atoms with Crippen molar-refractivity contribution in [2.75, 3.05) is 17.3 Å². The molecule has 1 heterocycles. The van der Waals surface area contributed by atoms with Gasteiger partial charge in [0.15, 0.2) is 0 Å². The molecule has 0 unspecified atom stereocenters. The molecule has 5 N–H and O–H groups in total. The number of nitrogen functional groups attached to an aromatic ring is 1. The fourth-order valence-corrected chi connectivity index (χ4v) is 1.33. The minimum absolute atomic E-state index is 0.139. The second-order valence-corrected chi connectivity index (χ2v) is 3.62. The molecule has 1 aromatic heterocycles. The Bertz CT molecular complexity index is 324. The molecular weight excluding hydrogens is 180 g/mol. The minimum atomic E-state index is -0.139. The van der Waals surface area contributed by atoms with Gasteiger partial charge in [-0.05, 0) is 25.0 Å². The topological polar surface area (TPSA) is 83.2 Å². The van der Waals surface area contributed by atoms with Crippen molar-refractivity contribution in [3.05, 3.63) is 18.2 Å². The molecule has 14 heavy (non-hydrogen) atoms. The van der Waals surface area contributed by atoms with Crippen molar-refractivity contribution < 1.29 is 5.11 Å². The quantitative estimate of drug-likeness (QED) is 0.409. The van der Waals surface area contributed by atoms with E-state index in [1.807, 2.05) is 12.1 Å². The van der Waals surface area contributed by atoms with E-state index in [1.54, 1.807) is 6.07 Å². The van der Waals surface area contributed by atoms with Gasteiger partial charge in [-0.15, -0.1) is 0 Å². The van der Waals surface area contributed by atoms with E-state index < -0.39 is 0 Å². The van der Waals surface area contributed by atoms with Gasteiger partial charge in [-0.3, -0.25) is 0 Å². The summed E-state index contributed by atoms with van der Waals surface area (Å²) in [5, 5.41) is 12.3. The van der Waals surface area contributed by atoms with Crippen LogP contribution in [-0.2, 0) is 0 Å². The Morgan fingerprint density at radius 1 is 1.43 bits per heavy atom. The molecule has 0 radical (unpaired) electrons. The SMILES string of the molecule is NNc1cccc(NC2(CO)CC2)n1. The Hall–Kier alpha value is -1.33. The van der Waals surface area contributed by atoms with Crippen molar-refractivity contribution in [1.29, 1.82) is 0 Å². The first-order valence-electron chi connectivity index (χ1n) is 4.61. The van der Waals surface area contributed by atoms with Crippen LogP contribution < -0.4 is 16.6 Å². The third kappa shape index (κ3) is 1.78. The lowest BCUT2D eigenvalue weighted by Gasteiger charge is -2.15. The number of anilines is 2. The third-order valence-electron chi connectivity index (χ3n) is 2.45. The summed E-state index contributed by atoms with van der Waals surface area (Å²) in [5.74, 6) is 6.60. The van der Waals surface area contributed by atoms with Gasteiger partial charge in [-0.25, -0.2) is 10.8 Å². The van der Waals surface area contributed by atoms with Crippen LogP contribution in [0.25, 0.3) is 0 Å². The third-order valence-corrected chi connectivity index (χ3v) is 2.45. The average Bonchev–Trinajstić information content (AvgIpc) is 2.99. The molecular formula is C9H14N4O. The van der Waals surface area contributed by atoms with Crippen molar-refractivity contribution in [3.63, 3.8) is 0 Å². The van der Waals surface area contributed by atoms with Gasteiger partial charge in [-0.2, -0.15) is 0 Å². The van der Waals surface area contributed by atoms with Crippen molar-refractivity contribution in [2.24, 2.45) is 5.84 Å². The summed E-state index contributed by atoms with van der Waals surface area (Å²) in [5.41, 5.74) is 2.34. The highest BCUT2D eigenvalue weighted by atomic mass is 16.3. The van der Waals surface area contributed by atoms with E-state index in [2.05, 4.69) is 15.7 Å². The van der Waals surface area contributed by atoms with Crippen LogP contribution in [0.5, 0.6) is 0 Å². The number of aromatic nitrogens is 1. The van der Waals surface area contributed by atoms with E-state index in [4.69, 9.17) is 10.9 Å². The van der Waals surface area contributed by atoms with Crippen LogP contribution in [0, 0.1) is 0 Å². The van der Waals surface area contributed by atoms with Gasteiger partial charge in [0.05, 0.1) is 12.1 Å². The molecule has 0 aromatic carbocycles. The van der Waals surface area contributed by atoms with Crippen LogP contribution in [0.4, 0.5) is 11.6 Å². The van der Waals surface area contributed by atoms with Crippen molar-refractivity contribution in [1.82, 2.24) is 4.98 Å². The first-order valence-corrected chi connectivity index (χ1v) is 4.61. The summed E-state index contributed by atoms with van der Waals surface area (Å²) in [7, 11) is 0. The number of aliphatic hydroxyl groups excluding tert-OH is 1. The highest BCUT2D eigenvalue weighted by molar-refractivity contribution is 5.47. The van der Waals surface area contributed by atoms with Crippen molar-refractivity contribution >= 4 is 11.6 Å². The number of nitrogens with zero attached hydrogens (tertiary/aromatic N) is 1. The molecule has 1 aromatic rings. The van der Waals surface area contributed by atoms with Crippen LogP contribution in [-0.4, -0.2) is 22.2 Å². The van der Waals surface area contributed by atoms with Gasteiger partial charge in [0.1, 0.15) is 11.6 Å². The van der Waals surface area contributed by atoms with E-state index in [0.717, 1.165) is 18.7 Å². The summed E-state index contributed by atoms with van der Waals surface area (Å²) in [6.07, 6.45) is 1.98. The monoisotopic (exact) mass is 194 g/mol. The van der Waals surface area contributed by atoms with Gasteiger partial charge >= 0.3 is 0 Å². The Morgan fingerprint density at radius 3 is 2.71 bits per heavy atom. The lowest BCUT2D eigenvalue weighted by molar-refractivity contribution is 0.266. The molecule has 0 aliphatic heterocycles. The zero-order chi connectivity index (χ0) is 10.0. The number of aliphatic hydroxyl groups is 1. The summed E-state index contributed by atoms with van der Waals surface area (Å²) in [6, 6.07) is 5.50. The van der Waals surface area contributed by atoms with Gasteiger partial charge < -0.3 is 15.8 Å². The molecule has 2 rings (SSSR count). The number of nitrogens with one attached hydrogen (secondary N) is 2. The number of hydrogen-bond acceptors (Lipinski definition) is 5. The fraction of sp³-hybridized carbons (Fsp3) is 0.444. The van der Waals surface area contributed by atoms with E-state index in [0.29, 0.717) is 5.82 Å². The Labute approximate surface area is 82.3 Å². The van der Waals surface area contributed by atoms with Crippen LogP contribution in [0.15, 0.2) is 18.2 Å². The van der Waals surface area contributed by atoms with Crippen molar-refractivity contribution in [2.45, 2.75) is 18.4 Å². The van der Waals surface area contributed by atoms with Crippen molar-refractivity contribution in [3.8, 4) is 0 Å². The van der Waals surface area contributed by atoms with Gasteiger partial charge in [0, 0.05) is 0 Å². The second-order valence-electron chi connectivity index (χ2n) is 3.62. The minimum Gasteiger partial charge on any atom is -0.394 e. The van der Waals surface area contributed by atoms with Crippen LogP contribution >= 0.6 is 0 Å². The molecule has 5 nitrogen and oxygen atoms in total. The lowest BCUT2D eigenvalue weighted by Crippen LogP contribution is -2.26. The summed E-state index contributed by atoms with van der Waals surface area (Å²) in [6.45, 7) is 0.148. The zero-order valence-electron chi connectivity index (χ0n) is 7.83. The molecule has 5 heteroatoms. The smallest absolute Gasteiger partial charge is 0.142 e.